The fourth-order valence-corrected chi connectivity index (χ4v) is 6.48. The Hall–Kier alpha value is -3.14. The van der Waals surface area contributed by atoms with Crippen LogP contribution in [-0.2, 0) is 27.8 Å². The lowest BCUT2D eigenvalue weighted by Crippen LogP contribution is -2.41. The number of rotatable bonds is 15. The summed E-state index contributed by atoms with van der Waals surface area (Å²) in [5.41, 5.74) is 4.57. The maximum absolute atomic E-state index is 13.4. The number of nitrogens with zero attached hydrogens (tertiary/aromatic N) is 1. The van der Waals surface area contributed by atoms with Crippen molar-refractivity contribution in [3.8, 4) is 11.1 Å². The van der Waals surface area contributed by atoms with Gasteiger partial charge in [0.1, 0.15) is 6.04 Å². The van der Waals surface area contributed by atoms with Crippen molar-refractivity contribution < 1.29 is 23.1 Å². The Morgan fingerprint density at radius 3 is 2.33 bits per heavy atom. The minimum Gasteiger partial charge on any atom is -0.480 e. The Kier molecular flexibility index (Phi) is 11.8. The van der Waals surface area contributed by atoms with Gasteiger partial charge in [-0.2, -0.15) is 16.1 Å². The number of thioether (sulfide) groups is 1. The third kappa shape index (κ3) is 8.68. The van der Waals surface area contributed by atoms with E-state index in [0.717, 1.165) is 22.3 Å². The van der Waals surface area contributed by atoms with Crippen LogP contribution in [0.5, 0.6) is 0 Å². The fourth-order valence-electron chi connectivity index (χ4n) is 4.52. The Morgan fingerprint density at radius 1 is 0.975 bits per heavy atom. The van der Waals surface area contributed by atoms with Crippen LogP contribution in [0.15, 0.2) is 72.8 Å². The van der Waals surface area contributed by atoms with Gasteiger partial charge in [0.15, 0.2) is 0 Å². The zero-order valence-corrected chi connectivity index (χ0v) is 24.9. The number of carbonyl (C=O) groups excluding carboxylic acids is 1. The highest BCUT2D eigenvalue weighted by molar-refractivity contribution is 7.98. The van der Waals surface area contributed by atoms with Gasteiger partial charge in [0.2, 0.25) is 10.0 Å². The van der Waals surface area contributed by atoms with E-state index in [1.807, 2.05) is 80.8 Å². The van der Waals surface area contributed by atoms with E-state index in [1.165, 1.54) is 16.1 Å². The molecular weight excluding hydrogens is 544 g/mol. The summed E-state index contributed by atoms with van der Waals surface area (Å²) in [7, 11) is -3.50. The van der Waals surface area contributed by atoms with Crippen LogP contribution in [0.25, 0.3) is 11.1 Å². The zero-order valence-electron chi connectivity index (χ0n) is 23.3. The average Bonchev–Trinajstić information content (AvgIpc) is 2.93. The smallest absolute Gasteiger partial charge is 0.326 e. The molecule has 3 rings (SSSR count). The van der Waals surface area contributed by atoms with Crippen LogP contribution in [0.4, 0.5) is 0 Å². The van der Waals surface area contributed by atoms with Crippen molar-refractivity contribution in [3.05, 3.63) is 95.1 Å². The molecule has 7 nitrogen and oxygen atoms in total. The van der Waals surface area contributed by atoms with E-state index < -0.39 is 27.9 Å². The van der Waals surface area contributed by atoms with Gasteiger partial charge in [0.25, 0.3) is 5.91 Å². The van der Waals surface area contributed by atoms with E-state index in [-0.39, 0.29) is 12.3 Å². The lowest BCUT2D eigenvalue weighted by atomic mass is 9.93. The summed E-state index contributed by atoms with van der Waals surface area (Å²) in [6.07, 6.45) is 3.30. The van der Waals surface area contributed by atoms with Gasteiger partial charge in [0, 0.05) is 18.7 Å². The van der Waals surface area contributed by atoms with Crippen LogP contribution < -0.4 is 5.32 Å². The van der Waals surface area contributed by atoms with Gasteiger partial charge in [-0.15, -0.1) is 0 Å². The number of carbonyl (C=O) groups is 2. The number of sulfonamides is 1. The maximum atomic E-state index is 13.4. The number of aliphatic carboxylic acids is 1. The number of hydrogen-bond acceptors (Lipinski definition) is 5. The van der Waals surface area contributed by atoms with Crippen molar-refractivity contribution in [2.24, 2.45) is 0 Å². The molecule has 214 valence electrons. The number of carboxylic acids is 1. The monoisotopic (exact) mass is 582 g/mol. The van der Waals surface area contributed by atoms with Crippen LogP contribution in [-0.4, -0.2) is 60.1 Å². The number of benzene rings is 3. The molecule has 40 heavy (non-hydrogen) atoms. The molecule has 0 bridgehead atoms. The van der Waals surface area contributed by atoms with E-state index in [2.05, 4.69) is 5.32 Å². The Balaban J connectivity index is 1.98. The predicted octanol–water partition coefficient (Wildman–Crippen LogP) is 5.38. The molecular formula is C31H38N2O5S2. The first kappa shape index (κ1) is 31.4. The van der Waals surface area contributed by atoms with Gasteiger partial charge in [0.05, 0.1) is 5.75 Å². The molecule has 0 aliphatic carbocycles. The molecule has 0 aromatic heterocycles. The highest BCUT2D eigenvalue weighted by atomic mass is 32.2. The molecule has 3 aromatic rings. The molecule has 0 aliphatic heterocycles. The van der Waals surface area contributed by atoms with Crippen LogP contribution in [0.3, 0.4) is 0 Å². The topological polar surface area (TPSA) is 104 Å². The van der Waals surface area contributed by atoms with Crippen molar-refractivity contribution in [1.29, 1.82) is 0 Å². The van der Waals surface area contributed by atoms with Gasteiger partial charge in [-0.25, -0.2) is 13.2 Å². The molecule has 0 fully saturated rings. The average molecular weight is 583 g/mol. The van der Waals surface area contributed by atoms with Crippen LogP contribution in [0.2, 0.25) is 0 Å². The second kappa shape index (κ2) is 15.0. The standard InChI is InChI=1S/C31H38N2O5S2/c1-4-20-40(37,38)33(18-16-24-11-6-5-7-12-24)22-25-14-15-27(28(21-25)26-13-9-8-10-23(26)2)30(34)32-29(31(35)36)17-19-39-3/h5-15,21,29H,4,16-20,22H2,1-3H3,(H,32,34)(H,35,36). The molecule has 0 saturated heterocycles. The van der Waals surface area contributed by atoms with Crippen molar-refractivity contribution in [2.45, 2.75) is 45.7 Å². The highest BCUT2D eigenvalue weighted by Gasteiger charge is 2.25. The third-order valence-electron chi connectivity index (χ3n) is 6.69. The zero-order chi connectivity index (χ0) is 29.1. The largest absolute Gasteiger partial charge is 0.480 e. The van der Waals surface area contributed by atoms with Gasteiger partial charge in [-0.05, 0) is 78.1 Å². The Morgan fingerprint density at radius 2 is 1.68 bits per heavy atom. The minimum absolute atomic E-state index is 0.0551. The Bertz CT molecular complexity index is 1390. The molecule has 0 spiro atoms. The molecule has 2 N–H and O–H groups in total. The molecule has 9 heteroatoms. The van der Waals surface area contributed by atoms with Gasteiger partial charge >= 0.3 is 5.97 Å². The summed E-state index contributed by atoms with van der Waals surface area (Å²) in [5, 5.41) is 12.3. The van der Waals surface area contributed by atoms with E-state index >= 15 is 0 Å². The van der Waals surface area contributed by atoms with Gasteiger partial charge < -0.3 is 10.4 Å². The quantitative estimate of drug-likeness (QED) is 0.249. The van der Waals surface area contributed by atoms with E-state index in [9.17, 15) is 23.1 Å². The van der Waals surface area contributed by atoms with Crippen molar-refractivity contribution in [3.63, 3.8) is 0 Å². The van der Waals surface area contributed by atoms with E-state index in [0.29, 0.717) is 42.7 Å². The molecule has 1 atom stereocenters. The summed E-state index contributed by atoms with van der Waals surface area (Å²) in [6, 6.07) is 21.7. The van der Waals surface area contributed by atoms with Gasteiger partial charge in [-0.1, -0.05) is 67.6 Å². The number of carboxylic acid groups (broad SMARTS) is 1. The number of aryl methyl sites for hydroxylation is 1. The van der Waals surface area contributed by atoms with Crippen molar-refractivity contribution >= 4 is 33.7 Å². The molecule has 1 amide bonds. The van der Waals surface area contributed by atoms with Gasteiger partial charge in [-0.3, -0.25) is 4.79 Å². The lowest BCUT2D eigenvalue weighted by molar-refractivity contribution is -0.139. The number of amides is 1. The first-order valence-corrected chi connectivity index (χ1v) is 16.4. The molecule has 0 radical (unpaired) electrons. The first-order valence-electron chi connectivity index (χ1n) is 13.4. The minimum atomic E-state index is -3.50. The molecule has 0 saturated carbocycles. The molecule has 0 aliphatic rings. The van der Waals surface area contributed by atoms with Crippen LogP contribution in [0, 0.1) is 6.92 Å². The predicted molar refractivity (Wildman–Crippen MR) is 163 cm³/mol. The van der Waals surface area contributed by atoms with Crippen LogP contribution >= 0.6 is 11.8 Å². The number of nitrogens with one attached hydrogen (secondary N) is 1. The summed E-state index contributed by atoms with van der Waals surface area (Å²) in [4.78, 5) is 25.2. The third-order valence-corrected chi connectivity index (χ3v) is 9.35. The number of hydrogen-bond donors (Lipinski definition) is 2. The summed E-state index contributed by atoms with van der Waals surface area (Å²) in [5.74, 6) is -0.893. The molecule has 1 unspecified atom stereocenters. The summed E-state index contributed by atoms with van der Waals surface area (Å²) in [6.45, 7) is 4.30. The van der Waals surface area contributed by atoms with E-state index in [1.54, 1.807) is 12.1 Å². The Labute approximate surface area is 242 Å². The van der Waals surface area contributed by atoms with Crippen LogP contribution in [0.1, 0.15) is 46.8 Å². The normalized spacial score (nSPS) is 12.3. The maximum Gasteiger partial charge on any atom is 0.326 e. The summed E-state index contributed by atoms with van der Waals surface area (Å²) < 4.78 is 27.9. The lowest BCUT2D eigenvalue weighted by Gasteiger charge is -2.23. The van der Waals surface area contributed by atoms with Crippen molar-refractivity contribution in [1.82, 2.24) is 9.62 Å². The van der Waals surface area contributed by atoms with Crippen molar-refractivity contribution in [2.75, 3.05) is 24.3 Å². The SMILES string of the molecule is CCCS(=O)(=O)N(CCc1ccccc1)Cc1ccc(C(=O)NC(CCSC)C(=O)O)c(-c2ccccc2C)c1. The highest BCUT2D eigenvalue weighted by Crippen LogP contribution is 2.29. The molecule has 0 heterocycles. The molecule has 3 aromatic carbocycles. The second-order valence-electron chi connectivity index (χ2n) is 9.73. The van der Waals surface area contributed by atoms with E-state index in [4.69, 9.17) is 0 Å². The fraction of sp³-hybridized carbons (Fsp3) is 0.355. The summed E-state index contributed by atoms with van der Waals surface area (Å²) >= 11 is 1.52. The second-order valence-corrected chi connectivity index (χ2v) is 12.8. The first-order chi connectivity index (χ1) is 19.2.